The van der Waals surface area contributed by atoms with Crippen LogP contribution >= 0.6 is 0 Å². The van der Waals surface area contributed by atoms with E-state index in [0.717, 1.165) is 5.56 Å². The SMILES string of the molecule is CO[C@H]1C[C@@H](C(N)=O)N(C(=O)Cc2ccc(C(C)(C)C)cc2)C1. The summed E-state index contributed by atoms with van der Waals surface area (Å²) in [6.45, 7) is 6.88. The molecule has 0 spiro atoms. The molecule has 1 heterocycles. The van der Waals surface area contributed by atoms with E-state index in [9.17, 15) is 9.59 Å². The number of nitrogens with two attached hydrogens (primary N) is 1. The second-order valence-electron chi connectivity index (χ2n) is 7.18. The molecule has 0 radical (unpaired) electrons. The number of benzene rings is 1. The van der Waals surface area contributed by atoms with Gasteiger partial charge in [0.1, 0.15) is 6.04 Å². The van der Waals surface area contributed by atoms with Crippen LogP contribution in [0.15, 0.2) is 24.3 Å². The third kappa shape index (κ3) is 4.10. The Morgan fingerprint density at radius 2 is 1.87 bits per heavy atom. The molecule has 5 nitrogen and oxygen atoms in total. The highest BCUT2D eigenvalue weighted by Gasteiger charge is 2.38. The molecule has 0 bridgehead atoms. The second-order valence-corrected chi connectivity index (χ2v) is 7.18. The van der Waals surface area contributed by atoms with Crippen LogP contribution in [0.2, 0.25) is 0 Å². The molecular weight excluding hydrogens is 292 g/mol. The molecule has 2 amide bonds. The number of rotatable bonds is 4. The number of likely N-dealkylation sites (tertiary alicyclic amines) is 1. The smallest absolute Gasteiger partial charge is 0.240 e. The Morgan fingerprint density at radius 3 is 2.35 bits per heavy atom. The van der Waals surface area contributed by atoms with Crippen molar-refractivity contribution in [3.63, 3.8) is 0 Å². The lowest BCUT2D eigenvalue weighted by Gasteiger charge is -2.22. The first-order valence-electron chi connectivity index (χ1n) is 7.93. The zero-order valence-corrected chi connectivity index (χ0v) is 14.3. The Balaban J connectivity index is 2.07. The topological polar surface area (TPSA) is 72.6 Å². The van der Waals surface area contributed by atoms with Crippen molar-refractivity contribution < 1.29 is 14.3 Å². The molecule has 5 heteroatoms. The lowest BCUT2D eigenvalue weighted by atomic mass is 9.86. The summed E-state index contributed by atoms with van der Waals surface area (Å²) in [5.74, 6) is -0.558. The van der Waals surface area contributed by atoms with E-state index < -0.39 is 11.9 Å². The summed E-state index contributed by atoms with van der Waals surface area (Å²) in [7, 11) is 1.59. The van der Waals surface area contributed by atoms with Crippen molar-refractivity contribution in [1.82, 2.24) is 4.90 Å². The van der Waals surface area contributed by atoms with Gasteiger partial charge >= 0.3 is 0 Å². The molecule has 2 atom stereocenters. The van der Waals surface area contributed by atoms with Gasteiger partial charge in [0.25, 0.3) is 0 Å². The van der Waals surface area contributed by atoms with Gasteiger partial charge in [-0.05, 0) is 16.5 Å². The van der Waals surface area contributed by atoms with Crippen molar-refractivity contribution in [2.45, 2.75) is 51.2 Å². The molecule has 2 rings (SSSR count). The van der Waals surface area contributed by atoms with Gasteiger partial charge in [-0.15, -0.1) is 0 Å². The quantitative estimate of drug-likeness (QED) is 0.917. The second kappa shape index (κ2) is 6.71. The van der Waals surface area contributed by atoms with Crippen LogP contribution in [-0.4, -0.2) is 42.5 Å². The average Bonchev–Trinajstić information content (AvgIpc) is 2.91. The fraction of sp³-hybridized carbons (Fsp3) is 0.556. The van der Waals surface area contributed by atoms with E-state index in [1.807, 2.05) is 12.1 Å². The Bertz CT molecular complexity index is 575. The van der Waals surface area contributed by atoms with E-state index in [2.05, 4.69) is 32.9 Å². The van der Waals surface area contributed by atoms with Gasteiger partial charge in [0.2, 0.25) is 11.8 Å². The predicted molar refractivity (Wildman–Crippen MR) is 89.0 cm³/mol. The number of methoxy groups -OCH3 is 1. The number of nitrogens with zero attached hydrogens (tertiary/aromatic N) is 1. The molecule has 1 fully saturated rings. The van der Waals surface area contributed by atoms with Gasteiger partial charge in [-0.3, -0.25) is 9.59 Å². The zero-order chi connectivity index (χ0) is 17.2. The molecule has 126 valence electrons. The van der Waals surface area contributed by atoms with Crippen LogP contribution < -0.4 is 5.73 Å². The van der Waals surface area contributed by atoms with Crippen LogP contribution in [0.4, 0.5) is 0 Å². The minimum Gasteiger partial charge on any atom is -0.380 e. The summed E-state index contributed by atoms with van der Waals surface area (Å²) in [6, 6.07) is 7.48. The van der Waals surface area contributed by atoms with Crippen LogP contribution in [-0.2, 0) is 26.2 Å². The first-order valence-corrected chi connectivity index (χ1v) is 7.93. The molecule has 1 saturated heterocycles. The molecule has 0 unspecified atom stereocenters. The minimum atomic E-state index is -0.568. The normalized spacial score (nSPS) is 21.5. The average molecular weight is 318 g/mol. The third-order valence-corrected chi connectivity index (χ3v) is 4.42. The van der Waals surface area contributed by atoms with Crippen LogP contribution in [0, 0.1) is 0 Å². The standard InChI is InChI=1S/C18H26N2O3/c1-18(2,3)13-7-5-12(6-8-13)9-16(21)20-11-14(23-4)10-15(20)17(19)22/h5-8,14-15H,9-11H2,1-4H3,(H2,19,22)/t14-,15-/m0/s1. The highest BCUT2D eigenvalue weighted by atomic mass is 16.5. The first-order chi connectivity index (χ1) is 10.7. The number of ether oxygens (including phenoxy) is 1. The summed E-state index contributed by atoms with van der Waals surface area (Å²) in [5, 5.41) is 0. The first kappa shape index (κ1) is 17.5. The van der Waals surface area contributed by atoms with Gasteiger partial charge in [0.15, 0.2) is 0 Å². The molecule has 1 aliphatic rings. The van der Waals surface area contributed by atoms with Gasteiger partial charge in [-0.25, -0.2) is 0 Å². The fourth-order valence-electron chi connectivity index (χ4n) is 2.91. The van der Waals surface area contributed by atoms with Crippen molar-refractivity contribution in [1.29, 1.82) is 0 Å². The summed E-state index contributed by atoms with van der Waals surface area (Å²) in [5.41, 5.74) is 7.66. The molecule has 2 N–H and O–H groups in total. The van der Waals surface area contributed by atoms with Crippen LogP contribution in [0.1, 0.15) is 38.3 Å². The molecule has 0 saturated carbocycles. The Hall–Kier alpha value is -1.88. The number of amides is 2. The molecule has 0 aromatic heterocycles. The van der Waals surface area contributed by atoms with E-state index in [1.54, 1.807) is 12.0 Å². The lowest BCUT2D eigenvalue weighted by Crippen LogP contribution is -2.44. The monoisotopic (exact) mass is 318 g/mol. The summed E-state index contributed by atoms with van der Waals surface area (Å²) >= 11 is 0. The van der Waals surface area contributed by atoms with Crippen molar-refractivity contribution in [3.8, 4) is 0 Å². The molecule has 1 aliphatic heterocycles. The molecule has 0 aliphatic carbocycles. The predicted octanol–water partition coefficient (Wildman–Crippen LogP) is 1.63. The lowest BCUT2D eigenvalue weighted by molar-refractivity contribution is -0.136. The maximum atomic E-state index is 12.5. The molecular formula is C18H26N2O3. The number of hydrogen-bond acceptors (Lipinski definition) is 3. The number of hydrogen-bond donors (Lipinski definition) is 1. The van der Waals surface area contributed by atoms with Gasteiger partial charge < -0.3 is 15.4 Å². The van der Waals surface area contributed by atoms with Crippen molar-refractivity contribution in [3.05, 3.63) is 35.4 Å². The van der Waals surface area contributed by atoms with Gasteiger partial charge in [-0.1, -0.05) is 45.0 Å². The molecule has 23 heavy (non-hydrogen) atoms. The van der Waals surface area contributed by atoms with E-state index in [1.165, 1.54) is 5.56 Å². The summed E-state index contributed by atoms with van der Waals surface area (Å²) in [4.78, 5) is 25.6. The van der Waals surface area contributed by atoms with E-state index in [4.69, 9.17) is 10.5 Å². The van der Waals surface area contributed by atoms with Gasteiger partial charge in [-0.2, -0.15) is 0 Å². The summed E-state index contributed by atoms with van der Waals surface area (Å²) < 4.78 is 5.27. The molecule has 1 aromatic carbocycles. The number of carbonyl (C=O) groups is 2. The highest BCUT2D eigenvalue weighted by Crippen LogP contribution is 2.24. The maximum absolute atomic E-state index is 12.5. The number of primary amides is 1. The van der Waals surface area contributed by atoms with Crippen LogP contribution in [0.3, 0.4) is 0 Å². The van der Waals surface area contributed by atoms with E-state index in [0.29, 0.717) is 13.0 Å². The third-order valence-electron chi connectivity index (χ3n) is 4.42. The maximum Gasteiger partial charge on any atom is 0.240 e. The molecule has 1 aromatic rings. The van der Waals surface area contributed by atoms with E-state index >= 15 is 0 Å². The Morgan fingerprint density at radius 1 is 1.26 bits per heavy atom. The van der Waals surface area contributed by atoms with Crippen molar-refractivity contribution in [2.24, 2.45) is 5.73 Å². The van der Waals surface area contributed by atoms with Crippen molar-refractivity contribution >= 4 is 11.8 Å². The van der Waals surface area contributed by atoms with Crippen LogP contribution in [0.5, 0.6) is 0 Å². The largest absolute Gasteiger partial charge is 0.380 e. The Labute approximate surface area is 137 Å². The van der Waals surface area contributed by atoms with Gasteiger partial charge in [0.05, 0.1) is 12.5 Å². The Kier molecular flexibility index (Phi) is 5.09. The van der Waals surface area contributed by atoms with Crippen LogP contribution in [0.25, 0.3) is 0 Å². The fourth-order valence-corrected chi connectivity index (χ4v) is 2.91. The summed E-state index contributed by atoms with van der Waals surface area (Å²) in [6.07, 6.45) is 0.616. The van der Waals surface area contributed by atoms with Gasteiger partial charge in [0, 0.05) is 20.1 Å². The zero-order valence-electron chi connectivity index (χ0n) is 14.3. The van der Waals surface area contributed by atoms with E-state index in [-0.39, 0.29) is 23.8 Å². The minimum absolute atomic E-state index is 0.0836. The van der Waals surface area contributed by atoms with Crippen molar-refractivity contribution in [2.75, 3.05) is 13.7 Å². The number of carbonyl (C=O) groups excluding carboxylic acids is 2. The highest BCUT2D eigenvalue weighted by molar-refractivity contribution is 5.88.